The summed E-state index contributed by atoms with van der Waals surface area (Å²) in [5.41, 5.74) is 1.15. The maximum absolute atomic E-state index is 13.1. The van der Waals surface area contributed by atoms with Gasteiger partial charge in [-0.2, -0.15) is 0 Å². The number of amides is 4. The Morgan fingerprint density at radius 1 is 1.16 bits per heavy atom. The number of piperidine rings is 1. The fourth-order valence-corrected chi connectivity index (χ4v) is 4.26. The van der Waals surface area contributed by atoms with Crippen LogP contribution in [-0.2, 0) is 35.1 Å². The molecule has 13 nitrogen and oxygen atoms in total. The molecule has 0 bridgehead atoms. The summed E-state index contributed by atoms with van der Waals surface area (Å²) >= 11 is 6.58. The van der Waals surface area contributed by atoms with E-state index in [2.05, 4.69) is 16.0 Å². The smallest absolute Gasteiger partial charge is 0.259 e. The van der Waals surface area contributed by atoms with Crippen molar-refractivity contribution in [1.82, 2.24) is 15.5 Å². The molecule has 0 aliphatic carbocycles. The van der Waals surface area contributed by atoms with Crippen molar-refractivity contribution < 1.29 is 43.2 Å². The minimum Gasteiger partial charge on any atom is -0.496 e. The fraction of sp³-hybridized carbons (Fsp3) is 0.565. The van der Waals surface area contributed by atoms with Crippen molar-refractivity contribution in [3.05, 3.63) is 22.2 Å². The van der Waals surface area contributed by atoms with Crippen molar-refractivity contribution in [2.45, 2.75) is 25.4 Å². The lowest BCUT2D eigenvalue weighted by Gasteiger charge is -2.29. The zero-order chi connectivity index (χ0) is 26.8. The van der Waals surface area contributed by atoms with E-state index in [0.29, 0.717) is 50.8 Å². The first kappa shape index (κ1) is 28.6. The Labute approximate surface area is 218 Å². The number of imide groups is 1. The Morgan fingerprint density at radius 3 is 2.54 bits per heavy atom. The molecule has 1 atom stereocenters. The van der Waals surface area contributed by atoms with Crippen LogP contribution in [0.25, 0.3) is 0 Å². The Morgan fingerprint density at radius 2 is 1.86 bits per heavy atom. The largest absolute Gasteiger partial charge is 0.496 e. The van der Waals surface area contributed by atoms with E-state index in [1.807, 2.05) is 0 Å². The zero-order valence-corrected chi connectivity index (χ0v) is 21.2. The van der Waals surface area contributed by atoms with E-state index in [0.717, 1.165) is 0 Å². The highest BCUT2D eigenvalue weighted by atomic mass is 35.5. The molecule has 2 heterocycles. The number of aliphatic hydroxyl groups is 1. The quantitative estimate of drug-likeness (QED) is 0.131. The van der Waals surface area contributed by atoms with Gasteiger partial charge in [0.15, 0.2) is 0 Å². The number of anilines is 1. The number of aliphatic hydroxyl groups excluding tert-OH is 1. The van der Waals surface area contributed by atoms with Crippen molar-refractivity contribution in [3.8, 4) is 5.75 Å². The third-order valence-corrected chi connectivity index (χ3v) is 6.21. The number of fused-ring (bicyclic) bond motifs is 1. The number of methoxy groups -OCH3 is 1. The molecule has 1 saturated heterocycles. The van der Waals surface area contributed by atoms with Gasteiger partial charge in [0.2, 0.25) is 17.7 Å². The summed E-state index contributed by atoms with van der Waals surface area (Å²) in [7, 11) is 1.41. The molecule has 37 heavy (non-hydrogen) atoms. The number of rotatable bonds is 15. The molecule has 204 valence electrons. The van der Waals surface area contributed by atoms with E-state index in [1.54, 1.807) is 0 Å². The summed E-state index contributed by atoms with van der Waals surface area (Å²) in [4.78, 5) is 50.5. The standard InChI is InChI=1S/C23H31ClN4O9/c1-34-17-10-15(26-11-19(31)25-4-5-35-6-7-36-8-9-37-13-29)21(24)14-12-28(23(33)20(14)17)16-2-3-18(30)27-22(16)32/h10,16,26,29H,2-9,11-13H2,1H3,(H,25,31)(H,27,30,32). The normalized spacial score (nSPS) is 17.0. The summed E-state index contributed by atoms with van der Waals surface area (Å²) in [6, 6.07) is 0.754. The Bertz CT molecular complexity index is 1010. The van der Waals surface area contributed by atoms with Crippen LogP contribution in [0.2, 0.25) is 5.02 Å². The summed E-state index contributed by atoms with van der Waals surface area (Å²) in [6.07, 6.45) is 0.370. The molecule has 0 saturated carbocycles. The van der Waals surface area contributed by atoms with Crippen molar-refractivity contribution in [2.75, 3.05) is 65.3 Å². The summed E-state index contributed by atoms with van der Waals surface area (Å²) in [5.74, 6) is -1.33. The third kappa shape index (κ3) is 7.52. The lowest BCUT2D eigenvalue weighted by Crippen LogP contribution is -2.52. The van der Waals surface area contributed by atoms with Crippen molar-refractivity contribution in [2.24, 2.45) is 0 Å². The van der Waals surface area contributed by atoms with E-state index >= 15 is 0 Å². The topological polar surface area (TPSA) is 165 Å². The fourth-order valence-electron chi connectivity index (χ4n) is 3.98. The minimum absolute atomic E-state index is 0.0763. The average Bonchev–Trinajstić information content (AvgIpc) is 3.22. The molecule has 1 aromatic rings. The molecule has 0 aromatic heterocycles. The van der Waals surface area contributed by atoms with Crippen LogP contribution in [0.3, 0.4) is 0 Å². The second-order valence-electron chi connectivity index (χ2n) is 8.16. The van der Waals surface area contributed by atoms with Crippen LogP contribution < -0.4 is 20.7 Å². The predicted molar refractivity (Wildman–Crippen MR) is 130 cm³/mol. The van der Waals surface area contributed by atoms with E-state index in [9.17, 15) is 19.2 Å². The van der Waals surface area contributed by atoms with Gasteiger partial charge in [-0.15, -0.1) is 0 Å². The monoisotopic (exact) mass is 542 g/mol. The van der Waals surface area contributed by atoms with Gasteiger partial charge >= 0.3 is 0 Å². The number of halogens is 1. The molecule has 1 fully saturated rings. The highest BCUT2D eigenvalue weighted by Crippen LogP contribution is 2.41. The van der Waals surface area contributed by atoms with Crippen LogP contribution in [0.5, 0.6) is 5.75 Å². The van der Waals surface area contributed by atoms with Gasteiger partial charge in [-0.1, -0.05) is 11.6 Å². The number of nitrogens with one attached hydrogen (secondary N) is 3. The molecule has 14 heteroatoms. The van der Waals surface area contributed by atoms with E-state index < -0.39 is 17.9 Å². The Kier molecular flexibility index (Phi) is 10.9. The Hall–Kier alpha value is -2.97. The number of benzene rings is 1. The first-order valence-electron chi connectivity index (χ1n) is 11.8. The van der Waals surface area contributed by atoms with Crippen molar-refractivity contribution in [3.63, 3.8) is 0 Å². The molecule has 1 aromatic carbocycles. The molecule has 1 unspecified atom stereocenters. The van der Waals surface area contributed by atoms with Crippen LogP contribution in [-0.4, -0.2) is 99.7 Å². The van der Waals surface area contributed by atoms with Crippen LogP contribution in [0.15, 0.2) is 6.07 Å². The first-order chi connectivity index (χ1) is 17.9. The predicted octanol–water partition coefficient (Wildman–Crippen LogP) is -0.363. The highest BCUT2D eigenvalue weighted by molar-refractivity contribution is 6.35. The SMILES string of the molecule is COc1cc(NCC(=O)NCCOCCOCCOCO)c(Cl)c2c1C(=O)N(C1CCC(=O)NC1=O)C2. The van der Waals surface area contributed by atoms with Gasteiger partial charge in [0.1, 0.15) is 18.6 Å². The van der Waals surface area contributed by atoms with E-state index in [1.165, 1.54) is 18.1 Å². The molecule has 0 radical (unpaired) electrons. The molecular weight excluding hydrogens is 512 g/mol. The molecule has 4 amide bonds. The number of carbonyl (C=O) groups excluding carboxylic acids is 4. The number of nitrogens with zero attached hydrogens (tertiary/aromatic N) is 1. The number of ether oxygens (including phenoxy) is 4. The highest BCUT2D eigenvalue weighted by Gasteiger charge is 2.42. The molecule has 4 N–H and O–H groups in total. The lowest BCUT2D eigenvalue weighted by molar-refractivity contribution is -0.137. The van der Waals surface area contributed by atoms with Gasteiger partial charge in [-0.25, -0.2) is 0 Å². The van der Waals surface area contributed by atoms with Crippen LogP contribution >= 0.6 is 11.6 Å². The van der Waals surface area contributed by atoms with Gasteiger partial charge in [0, 0.05) is 31.1 Å². The molecule has 3 rings (SSSR count). The van der Waals surface area contributed by atoms with Crippen LogP contribution in [0.1, 0.15) is 28.8 Å². The molecular formula is C23H31ClN4O9. The molecule has 0 spiro atoms. The van der Waals surface area contributed by atoms with Gasteiger partial charge in [0.25, 0.3) is 5.91 Å². The minimum atomic E-state index is -0.783. The van der Waals surface area contributed by atoms with Gasteiger partial charge in [-0.05, 0) is 6.42 Å². The first-order valence-corrected chi connectivity index (χ1v) is 12.1. The summed E-state index contributed by atoms with van der Waals surface area (Å²) in [5, 5.41) is 16.7. The summed E-state index contributed by atoms with van der Waals surface area (Å²) < 4.78 is 20.7. The van der Waals surface area contributed by atoms with E-state index in [-0.39, 0.29) is 60.9 Å². The van der Waals surface area contributed by atoms with Crippen molar-refractivity contribution >= 4 is 40.9 Å². The second-order valence-corrected chi connectivity index (χ2v) is 8.54. The number of hydrogen-bond donors (Lipinski definition) is 4. The molecule has 2 aliphatic heterocycles. The van der Waals surface area contributed by atoms with Crippen molar-refractivity contribution in [1.29, 1.82) is 0 Å². The van der Waals surface area contributed by atoms with Crippen LogP contribution in [0, 0.1) is 0 Å². The number of hydrogen-bond acceptors (Lipinski definition) is 10. The Balaban J connectivity index is 1.48. The zero-order valence-electron chi connectivity index (χ0n) is 20.5. The van der Waals surface area contributed by atoms with Gasteiger partial charge in [0.05, 0.1) is 63.0 Å². The average molecular weight is 543 g/mol. The second kappa shape index (κ2) is 14.1. The summed E-state index contributed by atoms with van der Waals surface area (Å²) in [6.45, 7) is 1.62. The maximum Gasteiger partial charge on any atom is 0.259 e. The van der Waals surface area contributed by atoms with Gasteiger partial charge < -0.3 is 39.6 Å². The number of carbonyl (C=O) groups is 4. The maximum atomic E-state index is 13.1. The third-order valence-electron chi connectivity index (χ3n) is 5.78. The van der Waals surface area contributed by atoms with Gasteiger partial charge in [-0.3, -0.25) is 24.5 Å². The van der Waals surface area contributed by atoms with Crippen LogP contribution in [0.4, 0.5) is 5.69 Å². The lowest BCUT2D eigenvalue weighted by atomic mass is 10.0. The molecule has 2 aliphatic rings. The van der Waals surface area contributed by atoms with E-state index in [4.69, 9.17) is 35.7 Å².